The van der Waals surface area contributed by atoms with Crippen LogP contribution in [-0.4, -0.2) is 13.1 Å². The van der Waals surface area contributed by atoms with E-state index in [1.807, 2.05) is 6.07 Å². The normalized spacial score (nSPS) is 8.50. The van der Waals surface area contributed by atoms with Crippen molar-refractivity contribution in [3.63, 3.8) is 0 Å². The van der Waals surface area contributed by atoms with E-state index in [9.17, 15) is 0 Å². The smallest absolute Gasteiger partial charge is 0.0635 e. The molecule has 0 bridgehead atoms. The van der Waals surface area contributed by atoms with Crippen LogP contribution in [-0.2, 0) is 0 Å². The van der Waals surface area contributed by atoms with Crippen molar-refractivity contribution in [3.05, 3.63) is 0 Å². The lowest BCUT2D eigenvalue weighted by atomic mass is 10.4. The van der Waals surface area contributed by atoms with Gasteiger partial charge in [0.2, 0.25) is 0 Å². The van der Waals surface area contributed by atoms with Gasteiger partial charge in [-0.3, -0.25) is 0 Å². The molecular weight excluding hydrogens is 100 g/mol. The molecule has 2 heteroatoms. The maximum atomic E-state index is 8.06. The topological polar surface area (TPSA) is 37.9 Å². The lowest BCUT2D eigenvalue weighted by Gasteiger charge is -1.91. The van der Waals surface area contributed by atoms with Gasteiger partial charge < -0.3 is 0 Å². The number of nitriles is 1. The van der Waals surface area contributed by atoms with Gasteiger partial charge in [0.25, 0.3) is 0 Å². The van der Waals surface area contributed by atoms with Crippen molar-refractivity contribution in [3.8, 4) is 6.07 Å². The third-order valence-corrected chi connectivity index (χ3v) is 0.763. The molecule has 45 valence electrons. The number of rotatable bonds is 4. The largest absolute Gasteiger partial charge is 0.241 e. The highest BCUT2D eigenvalue weighted by atomic mass is 14.8. The van der Waals surface area contributed by atoms with Crippen molar-refractivity contribution in [1.29, 1.82) is 5.26 Å². The molecule has 0 atom stereocenters. The van der Waals surface area contributed by atoms with Crippen LogP contribution in [0.5, 0.6) is 0 Å². The second kappa shape index (κ2) is 6.45. The fourth-order valence-electron chi connectivity index (χ4n) is 0.399. The van der Waals surface area contributed by atoms with Crippen molar-refractivity contribution < 1.29 is 0 Å². The second-order valence-corrected chi connectivity index (χ2v) is 1.58. The Morgan fingerprint density at radius 3 is 2.75 bits per heavy atom. The summed E-state index contributed by atoms with van der Waals surface area (Å²) in [5, 5.41) is 12.1. The molecule has 0 spiro atoms. The van der Waals surface area contributed by atoms with Crippen LogP contribution < -0.4 is 5.32 Å². The Hall–Kier alpha value is -0.550. The van der Waals surface area contributed by atoms with Crippen molar-refractivity contribution in [2.45, 2.75) is 19.8 Å². The number of hydrogen-bond donors (Lipinski definition) is 0. The molecule has 0 saturated heterocycles. The molecule has 0 N–H and O–H groups in total. The van der Waals surface area contributed by atoms with Crippen LogP contribution in [0.1, 0.15) is 19.8 Å². The Morgan fingerprint density at radius 1 is 1.50 bits per heavy atom. The third kappa shape index (κ3) is 5.45. The summed E-state index contributed by atoms with van der Waals surface area (Å²) in [5.41, 5.74) is 0. The van der Waals surface area contributed by atoms with Crippen molar-refractivity contribution in [2.75, 3.05) is 13.1 Å². The van der Waals surface area contributed by atoms with Gasteiger partial charge in [0.1, 0.15) is 0 Å². The summed E-state index contributed by atoms with van der Waals surface area (Å²) in [4.78, 5) is 0. The maximum absolute atomic E-state index is 8.06. The molecule has 0 amide bonds. The average Bonchev–Trinajstić information content (AvgIpc) is 1.81. The summed E-state index contributed by atoms with van der Waals surface area (Å²) < 4.78 is 0. The van der Waals surface area contributed by atoms with Crippen molar-refractivity contribution in [2.24, 2.45) is 0 Å². The minimum absolute atomic E-state index is 0.569. The van der Waals surface area contributed by atoms with E-state index in [0.717, 1.165) is 13.0 Å². The Labute approximate surface area is 50.5 Å². The first-order valence-corrected chi connectivity index (χ1v) is 2.92. The molecule has 0 aromatic rings. The standard InChI is InChI=1S/C6H11N2/c1-2-5-8-6-3-4-7/h2-3,5-6H2,1H3. The zero-order chi connectivity index (χ0) is 6.24. The van der Waals surface area contributed by atoms with Crippen LogP contribution in [0.3, 0.4) is 0 Å². The van der Waals surface area contributed by atoms with E-state index in [0.29, 0.717) is 13.0 Å². The van der Waals surface area contributed by atoms with Gasteiger partial charge in [0.05, 0.1) is 6.07 Å². The summed E-state index contributed by atoms with van der Waals surface area (Å²) >= 11 is 0. The monoisotopic (exact) mass is 111 g/mol. The van der Waals surface area contributed by atoms with Crippen LogP contribution in [0, 0.1) is 11.3 Å². The molecule has 0 unspecified atom stereocenters. The maximum Gasteiger partial charge on any atom is 0.0635 e. The van der Waals surface area contributed by atoms with Gasteiger partial charge in [-0.1, -0.05) is 6.92 Å². The molecule has 0 aromatic carbocycles. The van der Waals surface area contributed by atoms with Gasteiger partial charge in [0.15, 0.2) is 0 Å². The molecule has 1 radical (unpaired) electrons. The van der Waals surface area contributed by atoms with Crippen LogP contribution in [0.15, 0.2) is 0 Å². The summed E-state index contributed by atoms with van der Waals surface area (Å²) in [6, 6.07) is 2.03. The minimum atomic E-state index is 0.569. The average molecular weight is 111 g/mol. The third-order valence-electron chi connectivity index (χ3n) is 0.763. The molecule has 0 aliphatic carbocycles. The first-order chi connectivity index (χ1) is 3.91. The van der Waals surface area contributed by atoms with Gasteiger partial charge in [-0.05, 0) is 6.42 Å². The van der Waals surface area contributed by atoms with E-state index in [4.69, 9.17) is 5.26 Å². The summed E-state index contributed by atoms with van der Waals surface area (Å²) in [5.74, 6) is 0. The van der Waals surface area contributed by atoms with Crippen molar-refractivity contribution in [1.82, 2.24) is 5.32 Å². The molecule has 0 heterocycles. The van der Waals surface area contributed by atoms with Gasteiger partial charge in [-0.15, -0.1) is 0 Å². The minimum Gasteiger partial charge on any atom is -0.241 e. The predicted molar refractivity (Wildman–Crippen MR) is 32.4 cm³/mol. The quantitative estimate of drug-likeness (QED) is 0.497. The summed E-state index contributed by atoms with van der Waals surface area (Å²) in [6.45, 7) is 3.70. The van der Waals surface area contributed by atoms with Gasteiger partial charge in [0, 0.05) is 19.5 Å². The van der Waals surface area contributed by atoms with E-state index in [-0.39, 0.29) is 0 Å². The van der Waals surface area contributed by atoms with Crippen LogP contribution in [0.2, 0.25) is 0 Å². The Morgan fingerprint density at radius 2 is 2.25 bits per heavy atom. The molecule has 0 aromatic heterocycles. The van der Waals surface area contributed by atoms with E-state index in [1.54, 1.807) is 0 Å². The Bertz CT molecular complexity index is 73.1. The summed E-state index contributed by atoms with van der Waals surface area (Å²) in [6.07, 6.45) is 1.66. The van der Waals surface area contributed by atoms with Gasteiger partial charge in [-0.2, -0.15) is 5.26 Å². The molecule has 0 fully saturated rings. The zero-order valence-electron chi connectivity index (χ0n) is 5.22. The predicted octanol–water partition coefficient (Wildman–Crippen LogP) is 0.914. The van der Waals surface area contributed by atoms with Gasteiger partial charge >= 0.3 is 0 Å². The number of nitrogens with zero attached hydrogens (tertiary/aromatic N) is 2. The van der Waals surface area contributed by atoms with Gasteiger partial charge in [-0.25, -0.2) is 5.32 Å². The lowest BCUT2D eigenvalue weighted by Crippen LogP contribution is -2.06. The first-order valence-electron chi connectivity index (χ1n) is 2.92. The highest BCUT2D eigenvalue weighted by Crippen LogP contribution is 1.74. The fraction of sp³-hybridized carbons (Fsp3) is 0.833. The fourth-order valence-corrected chi connectivity index (χ4v) is 0.399. The van der Waals surface area contributed by atoms with Crippen molar-refractivity contribution >= 4 is 0 Å². The molecule has 2 nitrogen and oxygen atoms in total. The molecule has 8 heavy (non-hydrogen) atoms. The Kier molecular flexibility index (Phi) is 6.01. The highest BCUT2D eigenvalue weighted by molar-refractivity contribution is 4.69. The Balaban J connectivity index is 2.65. The SMILES string of the molecule is CCC[N]CCC#N. The molecule has 0 saturated carbocycles. The lowest BCUT2D eigenvalue weighted by molar-refractivity contribution is 0.667. The van der Waals surface area contributed by atoms with Crippen LogP contribution in [0.25, 0.3) is 0 Å². The molecule has 0 rings (SSSR count). The van der Waals surface area contributed by atoms with Crippen LogP contribution in [0.4, 0.5) is 0 Å². The molecule has 0 aliphatic heterocycles. The molecular formula is C6H11N2. The highest BCUT2D eigenvalue weighted by Gasteiger charge is 1.82. The number of hydrogen-bond acceptors (Lipinski definition) is 1. The van der Waals surface area contributed by atoms with E-state index >= 15 is 0 Å². The zero-order valence-corrected chi connectivity index (χ0v) is 5.22. The molecule has 0 aliphatic rings. The second-order valence-electron chi connectivity index (χ2n) is 1.58. The van der Waals surface area contributed by atoms with Crippen LogP contribution >= 0.6 is 0 Å². The van der Waals surface area contributed by atoms with E-state index in [1.165, 1.54) is 0 Å². The van der Waals surface area contributed by atoms with E-state index in [2.05, 4.69) is 12.2 Å². The first kappa shape index (κ1) is 7.45. The summed E-state index contributed by atoms with van der Waals surface area (Å²) in [7, 11) is 0. The van der Waals surface area contributed by atoms with E-state index < -0.39 is 0 Å².